The fraction of sp³-hybridized carbons (Fsp3) is 0.435. The number of phenols is 1. The van der Waals surface area contributed by atoms with E-state index in [1.807, 2.05) is 12.1 Å². The quantitative estimate of drug-likeness (QED) is 0.392. The second kappa shape index (κ2) is 11.3. The number of benzene rings is 2. The summed E-state index contributed by atoms with van der Waals surface area (Å²) in [4.78, 5) is 12.0. The van der Waals surface area contributed by atoms with E-state index < -0.39 is 0 Å². The Morgan fingerprint density at radius 3 is 2.11 bits per heavy atom. The lowest BCUT2D eigenvalue weighted by atomic mass is 10.0. The Morgan fingerprint density at radius 1 is 0.815 bits per heavy atom. The van der Waals surface area contributed by atoms with Gasteiger partial charge in [0, 0.05) is 12.0 Å². The highest BCUT2D eigenvalue weighted by atomic mass is 16.5. The van der Waals surface area contributed by atoms with Gasteiger partial charge in [-0.05, 0) is 61.2 Å². The van der Waals surface area contributed by atoms with Gasteiger partial charge >= 0.3 is 0 Å². The molecule has 0 bridgehead atoms. The summed E-state index contributed by atoms with van der Waals surface area (Å²) in [7, 11) is 3.31. The van der Waals surface area contributed by atoms with E-state index >= 15 is 0 Å². The van der Waals surface area contributed by atoms with Crippen LogP contribution in [0.1, 0.15) is 60.9 Å². The molecule has 0 saturated carbocycles. The fourth-order valence-corrected chi connectivity index (χ4v) is 3.15. The van der Waals surface area contributed by atoms with Crippen LogP contribution in [0.25, 0.3) is 0 Å². The highest BCUT2D eigenvalue weighted by molar-refractivity contribution is 5.96. The minimum Gasteiger partial charge on any atom is -0.508 e. The van der Waals surface area contributed by atoms with Gasteiger partial charge in [0.1, 0.15) is 5.75 Å². The van der Waals surface area contributed by atoms with Gasteiger partial charge in [0.25, 0.3) is 0 Å². The molecule has 2 rings (SSSR count). The molecule has 0 amide bonds. The number of hydrogen-bond donors (Lipinski definition) is 1. The summed E-state index contributed by atoms with van der Waals surface area (Å²) in [5, 5.41) is 9.25. The number of aryl methyl sites for hydroxylation is 1. The zero-order chi connectivity index (χ0) is 19.5. The summed E-state index contributed by atoms with van der Waals surface area (Å²) < 4.78 is 10.6. The van der Waals surface area contributed by atoms with Crippen LogP contribution >= 0.6 is 0 Å². The van der Waals surface area contributed by atoms with Gasteiger partial charge in [-0.1, -0.05) is 31.7 Å². The molecule has 0 radical (unpaired) electrons. The Labute approximate surface area is 162 Å². The van der Waals surface area contributed by atoms with E-state index in [0.29, 0.717) is 12.0 Å². The summed E-state index contributed by atoms with van der Waals surface area (Å²) in [5.41, 5.74) is 1.95. The molecule has 2 aromatic rings. The predicted molar refractivity (Wildman–Crippen MR) is 108 cm³/mol. The predicted octanol–water partition coefficient (Wildman–Crippen LogP) is 5.57. The average molecular weight is 370 g/mol. The molecule has 0 heterocycles. The Kier molecular flexibility index (Phi) is 8.69. The molecule has 0 aliphatic heterocycles. The first-order chi connectivity index (χ1) is 13.1. The molecule has 0 fully saturated rings. The summed E-state index contributed by atoms with van der Waals surface area (Å²) >= 11 is 0. The number of aromatic hydroxyl groups is 1. The molecule has 1 N–H and O–H groups in total. The average Bonchev–Trinajstić information content (AvgIpc) is 2.70. The molecule has 4 nitrogen and oxygen atoms in total. The second-order valence-corrected chi connectivity index (χ2v) is 6.78. The second-order valence-electron chi connectivity index (χ2n) is 6.78. The van der Waals surface area contributed by atoms with Crippen LogP contribution in [0.2, 0.25) is 0 Å². The van der Waals surface area contributed by atoms with Crippen LogP contribution in [0, 0.1) is 0 Å². The maximum atomic E-state index is 12.0. The van der Waals surface area contributed by atoms with Gasteiger partial charge in [-0.2, -0.15) is 0 Å². The molecule has 4 heteroatoms. The number of Topliss-reactive ketones (excluding diaryl/α,β-unsaturated/α-hetero) is 1. The van der Waals surface area contributed by atoms with Crippen molar-refractivity contribution in [2.45, 2.75) is 51.4 Å². The van der Waals surface area contributed by atoms with Gasteiger partial charge < -0.3 is 14.6 Å². The molecule has 0 aromatic heterocycles. The number of hydrogen-bond acceptors (Lipinski definition) is 4. The third-order valence-electron chi connectivity index (χ3n) is 4.76. The first-order valence-corrected chi connectivity index (χ1v) is 9.67. The molecular weight excluding hydrogens is 340 g/mol. The van der Waals surface area contributed by atoms with E-state index in [2.05, 4.69) is 6.07 Å². The van der Waals surface area contributed by atoms with Crippen LogP contribution in [0.3, 0.4) is 0 Å². The van der Waals surface area contributed by atoms with Crippen molar-refractivity contribution in [3.05, 3.63) is 53.6 Å². The summed E-state index contributed by atoms with van der Waals surface area (Å²) in [6.07, 6.45) is 8.34. The van der Waals surface area contributed by atoms with E-state index in [4.69, 9.17) is 9.47 Å². The van der Waals surface area contributed by atoms with E-state index in [9.17, 15) is 9.90 Å². The molecule has 146 valence electrons. The van der Waals surface area contributed by atoms with Crippen molar-refractivity contribution in [1.82, 2.24) is 0 Å². The highest BCUT2D eigenvalue weighted by Gasteiger charge is 2.06. The monoisotopic (exact) mass is 370 g/mol. The molecule has 0 spiro atoms. The zero-order valence-electron chi connectivity index (χ0n) is 16.4. The molecule has 27 heavy (non-hydrogen) atoms. The van der Waals surface area contributed by atoms with Crippen LogP contribution in [-0.2, 0) is 6.42 Å². The Morgan fingerprint density at radius 2 is 1.44 bits per heavy atom. The first-order valence-electron chi connectivity index (χ1n) is 9.67. The number of phenolic OH excluding ortho intramolecular Hbond substituents is 1. The van der Waals surface area contributed by atoms with Crippen LogP contribution in [-0.4, -0.2) is 25.1 Å². The van der Waals surface area contributed by atoms with E-state index in [1.54, 1.807) is 38.5 Å². The molecule has 0 aliphatic carbocycles. The minimum absolute atomic E-state index is 0.156. The number of methoxy groups -OCH3 is 2. The first kappa shape index (κ1) is 20.8. The van der Waals surface area contributed by atoms with Gasteiger partial charge in [0.15, 0.2) is 17.3 Å². The highest BCUT2D eigenvalue weighted by Crippen LogP contribution is 2.28. The van der Waals surface area contributed by atoms with Crippen molar-refractivity contribution in [3.63, 3.8) is 0 Å². The van der Waals surface area contributed by atoms with Crippen LogP contribution in [0.4, 0.5) is 0 Å². The molecule has 0 atom stereocenters. The summed E-state index contributed by atoms with van der Waals surface area (Å²) in [6.45, 7) is 0. The molecule has 0 unspecified atom stereocenters. The number of rotatable bonds is 12. The van der Waals surface area contributed by atoms with E-state index in [1.165, 1.54) is 18.4 Å². The third-order valence-corrected chi connectivity index (χ3v) is 4.76. The summed E-state index contributed by atoms with van der Waals surface area (Å²) in [6, 6.07) is 12.6. The lowest BCUT2D eigenvalue weighted by Crippen LogP contribution is -1.98. The van der Waals surface area contributed by atoms with Gasteiger partial charge in [-0.15, -0.1) is 0 Å². The standard InChI is InChI=1S/C23H30O4/c1-26-22-16-11-18(17-23(22)27-2)9-7-5-3-4-6-8-10-21(25)19-12-14-20(24)15-13-19/h11-17,24H,3-10H2,1-2H3. The third kappa shape index (κ3) is 6.97. The van der Waals surface area contributed by atoms with Crippen molar-refractivity contribution in [2.75, 3.05) is 14.2 Å². The fourth-order valence-electron chi connectivity index (χ4n) is 3.15. The minimum atomic E-state index is 0.156. The van der Waals surface area contributed by atoms with Crippen LogP contribution in [0.15, 0.2) is 42.5 Å². The lowest BCUT2D eigenvalue weighted by Gasteiger charge is -2.09. The largest absolute Gasteiger partial charge is 0.508 e. The molecule has 2 aromatic carbocycles. The van der Waals surface area contributed by atoms with Crippen molar-refractivity contribution in [3.8, 4) is 17.2 Å². The van der Waals surface area contributed by atoms with Crippen molar-refractivity contribution < 1.29 is 19.4 Å². The summed E-state index contributed by atoms with van der Waals surface area (Å²) in [5.74, 6) is 1.90. The van der Waals surface area contributed by atoms with Gasteiger partial charge in [-0.3, -0.25) is 4.79 Å². The normalized spacial score (nSPS) is 10.6. The van der Waals surface area contributed by atoms with Gasteiger partial charge in [0.05, 0.1) is 14.2 Å². The van der Waals surface area contributed by atoms with Gasteiger partial charge in [0.2, 0.25) is 0 Å². The molecule has 0 aliphatic rings. The Hall–Kier alpha value is -2.49. The number of carbonyl (C=O) groups excluding carboxylic acids is 1. The van der Waals surface area contributed by atoms with Crippen LogP contribution < -0.4 is 9.47 Å². The smallest absolute Gasteiger partial charge is 0.162 e. The van der Waals surface area contributed by atoms with Crippen molar-refractivity contribution in [1.29, 1.82) is 0 Å². The van der Waals surface area contributed by atoms with Crippen molar-refractivity contribution >= 4 is 5.78 Å². The number of unbranched alkanes of at least 4 members (excludes halogenated alkanes) is 5. The topological polar surface area (TPSA) is 55.8 Å². The van der Waals surface area contributed by atoms with Gasteiger partial charge in [-0.25, -0.2) is 0 Å². The zero-order valence-corrected chi connectivity index (χ0v) is 16.4. The SMILES string of the molecule is COc1ccc(CCCCCCCCC(=O)c2ccc(O)cc2)cc1OC. The molecule has 0 saturated heterocycles. The van der Waals surface area contributed by atoms with E-state index in [0.717, 1.165) is 43.6 Å². The Bertz CT molecular complexity index is 707. The maximum Gasteiger partial charge on any atom is 0.162 e. The molecular formula is C23H30O4. The number of carbonyl (C=O) groups is 1. The Balaban J connectivity index is 1.56. The van der Waals surface area contributed by atoms with Crippen LogP contribution in [0.5, 0.6) is 17.2 Å². The van der Waals surface area contributed by atoms with E-state index in [-0.39, 0.29) is 11.5 Å². The maximum absolute atomic E-state index is 12.0. The number of ketones is 1. The lowest BCUT2D eigenvalue weighted by molar-refractivity contribution is 0.0979. The van der Waals surface area contributed by atoms with Crippen molar-refractivity contribution in [2.24, 2.45) is 0 Å². The number of ether oxygens (including phenoxy) is 2.